The first-order valence-corrected chi connectivity index (χ1v) is 10.7. The van der Waals surface area contributed by atoms with E-state index in [4.69, 9.17) is 0 Å². The molecule has 6 nitrogen and oxygen atoms in total. The molecule has 3 aromatic carbocycles. The molecule has 1 saturated heterocycles. The Labute approximate surface area is 210 Å². The summed E-state index contributed by atoms with van der Waals surface area (Å²) in [4.78, 5) is 38.4. The Kier molecular flexibility index (Phi) is 6.52. The molecule has 2 N–H and O–H groups in total. The third-order valence-corrected chi connectivity index (χ3v) is 5.81. The molecule has 0 spiro atoms. The van der Waals surface area contributed by atoms with Gasteiger partial charge in [0.1, 0.15) is 5.76 Å². The number of carboxylic acid groups (broad SMARTS) is 1. The smallest absolute Gasteiger partial charge is 0.416 e. The number of aliphatic hydroxyl groups excluding tert-OH is 1. The van der Waals surface area contributed by atoms with Gasteiger partial charge in [0.25, 0.3) is 11.7 Å². The Morgan fingerprint density at radius 2 is 1.29 bits per heavy atom. The summed E-state index contributed by atoms with van der Waals surface area (Å²) >= 11 is 0. The molecule has 0 radical (unpaired) electrons. The predicted octanol–water partition coefficient (Wildman–Crippen LogP) is 6.05. The van der Waals surface area contributed by atoms with Gasteiger partial charge in [-0.3, -0.25) is 14.5 Å². The number of aromatic carboxylic acids is 1. The molecule has 0 bridgehead atoms. The molecule has 196 valence electrons. The number of carboxylic acids is 1. The Hall–Kier alpha value is -4.61. The highest BCUT2D eigenvalue weighted by molar-refractivity contribution is 6.51. The van der Waals surface area contributed by atoms with E-state index in [9.17, 15) is 50.9 Å². The highest BCUT2D eigenvalue weighted by atomic mass is 19.4. The summed E-state index contributed by atoms with van der Waals surface area (Å²) in [5.74, 6) is -5.16. The first kappa shape index (κ1) is 26.5. The fraction of sp³-hybridized carbons (Fsp3) is 0.115. The molecule has 1 heterocycles. The van der Waals surface area contributed by atoms with Crippen LogP contribution in [-0.2, 0) is 21.9 Å². The number of alkyl halides is 6. The fourth-order valence-corrected chi connectivity index (χ4v) is 4.09. The molecule has 0 aliphatic carbocycles. The molecular formula is C26H15F6NO5. The number of Topliss-reactive ketones (excluding diaryl/α,β-unsaturated/α-hetero) is 1. The van der Waals surface area contributed by atoms with Crippen molar-refractivity contribution in [1.29, 1.82) is 0 Å². The first-order chi connectivity index (χ1) is 17.7. The van der Waals surface area contributed by atoms with E-state index in [2.05, 4.69) is 0 Å². The van der Waals surface area contributed by atoms with Gasteiger partial charge in [-0.25, -0.2) is 4.79 Å². The SMILES string of the molecule is O=C1C(=O)N(c2cccc(C(=O)O)c2)[C@@H](c2cccc(C(F)(F)F)c2)C1=C(O)c1cccc(C(F)(F)F)c1. The lowest BCUT2D eigenvalue weighted by Gasteiger charge is -2.26. The monoisotopic (exact) mass is 535 g/mol. The molecule has 0 saturated carbocycles. The number of amides is 1. The minimum atomic E-state index is -4.83. The van der Waals surface area contributed by atoms with Crippen LogP contribution < -0.4 is 4.90 Å². The van der Waals surface area contributed by atoms with E-state index in [1.165, 1.54) is 18.2 Å². The Morgan fingerprint density at radius 1 is 0.737 bits per heavy atom. The van der Waals surface area contributed by atoms with Gasteiger partial charge in [-0.05, 0) is 48.0 Å². The molecular weight excluding hydrogens is 520 g/mol. The van der Waals surface area contributed by atoms with E-state index in [0.29, 0.717) is 23.1 Å². The number of rotatable bonds is 4. The lowest BCUT2D eigenvalue weighted by Crippen LogP contribution is -2.29. The molecule has 1 amide bonds. The van der Waals surface area contributed by atoms with Crippen LogP contribution in [0.1, 0.15) is 38.7 Å². The number of carbonyl (C=O) groups is 3. The van der Waals surface area contributed by atoms with Crippen LogP contribution in [0.15, 0.2) is 78.4 Å². The predicted molar refractivity (Wildman–Crippen MR) is 121 cm³/mol. The summed E-state index contributed by atoms with van der Waals surface area (Å²) in [6.07, 6.45) is -9.65. The molecule has 1 aliphatic rings. The fourth-order valence-electron chi connectivity index (χ4n) is 4.09. The Balaban J connectivity index is 1.99. The van der Waals surface area contributed by atoms with E-state index in [-0.39, 0.29) is 16.8 Å². The maximum Gasteiger partial charge on any atom is 0.416 e. The third-order valence-electron chi connectivity index (χ3n) is 5.81. The van der Waals surface area contributed by atoms with Gasteiger partial charge in [0.15, 0.2) is 0 Å². The Morgan fingerprint density at radius 3 is 1.89 bits per heavy atom. The zero-order chi connectivity index (χ0) is 28.0. The minimum Gasteiger partial charge on any atom is -0.507 e. The van der Waals surface area contributed by atoms with Gasteiger partial charge in [0.05, 0.1) is 28.3 Å². The van der Waals surface area contributed by atoms with Gasteiger partial charge >= 0.3 is 18.3 Å². The summed E-state index contributed by atoms with van der Waals surface area (Å²) in [5, 5.41) is 20.3. The first-order valence-electron chi connectivity index (χ1n) is 10.7. The van der Waals surface area contributed by atoms with Crippen molar-refractivity contribution in [2.75, 3.05) is 4.90 Å². The molecule has 12 heteroatoms. The van der Waals surface area contributed by atoms with Crippen molar-refractivity contribution in [3.8, 4) is 0 Å². The normalized spacial score (nSPS) is 17.6. The molecule has 4 rings (SSSR count). The van der Waals surface area contributed by atoms with Crippen LogP contribution in [0.3, 0.4) is 0 Å². The van der Waals surface area contributed by atoms with E-state index in [1.54, 1.807) is 0 Å². The van der Waals surface area contributed by atoms with Crippen LogP contribution in [0.4, 0.5) is 32.0 Å². The molecule has 1 atom stereocenters. The summed E-state index contributed by atoms with van der Waals surface area (Å²) < 4.78 is 80.1. The number of aliphatic hydroxyl groups is 1. The van der Waals surface area contributed by atoms with Gasteiger partial charge in [-0.2, -0.15) is 26.3 Å². The van der Waals surface area contributed by atoms with Crippen LogP contribution in [0, 0.1) is 0 Å². The topological polar surface area (TPSA) is 94.9 Å². The quantitative estimate of drug-likeness (QED) is 0.184. The summed E-state index contributed by atoms with van der Waals surface area (Å²) in [6, 6.07) is 9.60. The highest BCUT2D eigenvalue weighted by Gasteiger charge is 2.47. The average molecular weight is 535 g/mol. The summed E-state index contributed by atoms with van der Waals surface area (Å²) in [5.41, 5.74) is -4.42. The molecule has 1 fully saturated rings. The van der Waals surface area contributed by atoms with Gasteiger partial charge in [0, 0.05) is 11.3 Å². The van der Waals surface area contributed by atoms with Crippen LogP contribution in [-0.4, -0.2) is 27.9 Å². The zero-order valence-electron chi connectivity index (χ0n) is 18.8. The van der Waals surface area contributed by atoms with Crippen LogP contribution in [0.25, 0.3) is 5.76 Å². The lowest BCUT2D eigenvalue weighted by atomic mass is 9.93. The average Bonchev–Trinajstić information content (AvgIpc) is 3.13. The third kappa shape index (κ3) is 4.84. The summed E-state index contributed by atoms with van der Waals surface area (Å²) in [6.45, 7) is 0. The maximum absolute atomic E-state index is 13.5. The second-order valence-corrected chi connectivity index (χ2v) is 8.23. The van der Waals surface area contributed by atoms with Crippen molar-refractivity contribution in [2.45, 2.75) is 18.4 Å². The van der Waals surface area contributed by atoms with E-state index in [1.807, 2.05) is 0 Å². The zero-order valence-corrected chi connectivity index (χ0v) is 18.8. The molecule has 3 aromatic rings. The van der Waals surface area contributed by atoms with Crippen LogP contribution in [0.5, 0.6) is 0 Å². The molecule has 0 aromatic heterocycles. The van der Waals surface area contributed by atoms with Gasteiger partial charge < -0.3 is 10.2 Å². The maximum atomic E-state index is 13.5. The molecule has 38 heavy (non-hydrogen) atoms. The number of carbonyl (C=O) groups excluding carboxylic acids is 2. The number of hydrogen-bond donors (Lipinski definition) is 2. The van der Waals surface area contributed by atoms with Gasteiger partial charge in [0.2, 0.25) is 0 Å². The van der Waals surface area contributed by atoms with E-state index in [0.717, 1.165) is 36.4 Å². The van der Waals surface area contributed by atoms with Crippen molar-refractivity contribution in [3.05, 3.63) is 106 Å². The number of ketones is 1. The largest absolute Gasteiger partial charge is 0.507 e. The van der Waals surface area contributed by atoms with Crippen molar-refractivity contribution in [2.24, 2.45) is 0 Å². The standard InChI is InChI=1S/C26H15F6NO5/c27-25(28,29)16-7-1-4-13(10-16)20-19(21(34)14-5-2-8-17(11-14)26(30,31)32)22(35)23(36)33(20)18-9-3-6-15(12-18)24(37)38/h1-12,20,34H,(H,37,38)/t20-/m0/s1. The van der Waals surface area contributed by atoms with Gasteiger partial charge in [-0.15, -0.1) is 0 Å². The van der Waals surface area contributed by atoms with E-state index < -0.39 is 64.1 Å². The number of benzene rings is 3. The number of nitrogens with zero attached hydrogens (tertiary/aromatic N) is 1. The van der Waals surface area contributed by atoms with Crippen LogP contribution in [0.2, 0.25) is 0 Å². The second kappa shape index (κ2) is 9.36. The van der Waals surface area contributed by atoms with Crippen molar-refractivity contribution in [1.82, 2.24) is 0 Å². The molecule has 1 aliphatic heterocycles. The van der Waals surface area contributed by atoms with E-state index >= 15 is 0 Å². The highest BCUT2D eigenvalue weighted by Crippen LogP contribution is 2.44. The van der Waals surface area contributed by atoms with Crippen molar-refractivity contribution in [3.63, 3.8) is 0 Å². The molecule has 0 unspecified atom stereocenters. The lowest BCUT2D eigenvalue weighted by molar-refractivity contribution is -0.138. The summed E-state index contributed by atoms with van der Waals surface area (Å²) in [7, 11) is 0. The Bertz CT molecular complexity index is 1490. The number of anilines is 1. The van der Waals surface area contributed by atoms with Crippen LogP contribution >= 0.6 is 0 Å². The number of hydrogen-bond acceptors (Lipinski definition) is 4. The second-order valence-electron chi connectivity index (χ2n) is 8.23. The van der Waals surface area contributed by atoms with Gasteiger partial charge in [-0.1, -0.05) is 30.3 Å². The van der Waals surface area contributed by atoms with Crippen molar-refractivity contribution >= 4 is 29.1 Å². The van der Waals surface area contributed by atoms with Crippen molar-refractivity contribution < 1.29 is 50.9 Å². The minimum absolute atomic E-state index is 0.197. The number of halogens is 6.